The summed E-state index contributed by atoms with van der Waals surface area (Å²) in [6.07, 6.45) is 0. The van der Waals surface area contributed by atoms with Gasteiger partial charge in [-0.2, -0.15) is 0 Å². The molecule has 10 aromatic rings. The van der Waals surface area contributed by atoms with E-state index < -0.39 is 0 Å². The zero-order valence-electron chi connectivity index (χ0n) is 22.7. The van der Waals surface area contributed by atoms with Gasteiger partial charge in [0.15, 0.2) is 0 Å². The molecule has 2 aromatic heterocycles. The second-order valence-corrected chi connectivity index (χ2v) is 11.4. The van der Waals surface area contributed by atoms with Crippen LogP contribution < -0.4 is 0 Å². The summed E-state index contributed by atoms with van der Waals surface area (Å²) < 4.78 is 2.49. The van der Waals surface area contributed by atoms with Crippen LogP contribution in [0.15, 0.2) is 140 Å². The molecule has 194 valence electrons. The van der Waals surface area contributed by atoms with Crippen molar-refractivity contribution in [1.29, 1.82) is 0 Å². The third-order valence-electron chi connectivity index (χ3n) is 9.24. The molecule has 0 amide bonds. The number of aromatic nitrogens is 2. The van der Waals surface area contributed by atoms with Gasteiger partial charge in [0.05, 0.1) is 16.6 Å². The van der Waals surface area contributed by atoms with Crippen molar-refractivity contribution in [2.75, 3.05) is 0 Å². The maximum Gasteiger partial charge on any atom is 0.0626 e. The first-order valence-electron chi connectivity index (χ1n) is 14.5. The van der Waals surface area contributed by atoms with Crippen molar-refractivity contribution in [1.82, 2.24) is 9.55 Å². The highest BCUT2D eigenvalue weighted by atomic mass is 15.0. The topological polar surface area (TPSA) is 20.7 Å². The molecule has 0 fully saturated rings. The molecule has 8 aromatic carbocycles. The Morgan fingerprint density at radius 2 is 1.00 bits per heavy atom. The second-order valence-electron chi connectivity index (χ2n) is 11.4. The normalized spacial score (nSPS) is 12.3. The maximum absolute atomic E-state index is 3.81. The van der Waals surface area contributed by atoms with Crippen molar-refractivity contribution >= 4 is 86.7 Å². The van der Waals surface area contributed by atoms with E-state index >= 15 is 0 Å². The zero-order chi connectivity index (χ0) is 27.4. The number of fused-ring (bicyclic) bond motifs is 16. The van der Waals surface area contributed by atoms with Gasteiger partial charge in [-0.25, -0.2) is 0 Å². The van der Waals surface area contributed by atoms with Gasteiger partial charge in [-0.1, -0.05) is 115 Å². The fraction of sp³-hybridized carbons (Fsp3) is 0. The Morgan fingerprint density at radius 1 is 0.405 bits per heavy atom. The summed E-state index contributed by atoms with van der Waals surface area (Å²) in [5, 5.41) is 15.4. The fourth-order valence-corrected chi connectivity index (χ4v) is 7.55. The summed E-state index contributed by atoms with van der Waals surface area (Å²) in [5.74, 6) is 0. The third-order valence-corrected chi connectivity index (χ3v) is 9.24. The minimum Gasteiger partial charge on any atom is -0.354 e. The molecule has 2 heteroatoms. The van der Waals surface area contributed by atoms with Crippen molar-refractivity contribution in [2.24, 2.45) is 0 Å². The number of benzene rings is 8. The van der Waals surface area contributed by atoms with Gasteiger partial charge in [-0.15, -0.1) is 0 Å². The Balaban J connectivity index is 1.56. The molecule has 0 bridgehead atoms. The number of nitrogens with zero attached hydrogens (tertiary/aromatic N) is 1. The standard InChI is InChI=1S/C40H24N2/c1-2-12-25-23-26(22-21-24(25)11-1)42-34-20-10-8-18-32(34)38-36-27-13-3-5-15-29(27)39-37(31-17-7-9-19-33(31)41-39)35(36)28-14-4-6-16-30(28)40(38)42/h1-23,41H. The van der Waals surface area contributed by atoms with Crippen LogP contribution in [-0.4, -0.2) is 9.55 Å². The van der Waals surface area contributed by atoms with Crippen molar-refractivity contribution in [2.45, 2.75) is 0 Å². The third kappa shape index (κ3) is 2.74. The molecule has 2 nitrogen and oxygen atoms in total. The minimum atomic E-state index is 1.17. The minimum absolute atomic E-state index is 1.17. The summed E-state index contributed by atoms with van der Waals surface area (Å²) >= 11 is 0. The molecule has 0 saturated heterocycles. The predicted octanol–water partition coefficient (Wildman–Crippen LogP) is 11.0. The number of H-pyrrole nitrogens is 1. The molecule has 0 atom stereocenters. The molecule has 0 spiro atoms. The molecular weight excluding hydrogens is 508 g/mol. The van der Waals surface area contributed by atoms with E-state index in [0.29, 0.717) is 0 Å². The van der Waals surface area contributed by atoms with E-state index in [1.165, 1.54) is 92.4 Å². The van der Waals surface area contributed by atoms with E-state index in [-0.39, 0.29) is 0 Å². The highest BCUT2D eigenvalue weighted by molar-refractivity contribution is 6.45. The van der Waals surface area contributed by atoms with Crippen LogP contribution >= 0.6 is 0 Å². The molecule has 0 aliphatic carbocycles. The van der Waals surface area contributed by atoms with Crippen LogP contribution in [0.4, 0.5) is 0 Å². The monoisotopic (exact) mass is 532 g/mol. The van der Waals surface area contributed by atoms with Crippen LogP contribution in [0.1, 0.15) is 0 Å². The lowest BCUT2D eigenvalue weighted by Gasteiger charge is -2.15. The van der Waals surface area contributed by atoms with Crippen LogP contribution in [0.2, 0.25) is 0 Å². The van der Waals surface area contributed by atoms with Crippen LogP contribution in [0.3, 0.4) is 0 Å². The van der Waals surface area contributed by atoms with Gasteiger partial charge in [0, 0.05) is 54.3 Å². The first-order chi connectivity index (χ1) is 20.9. The van der Waals surface area contributed by atoms with Crippen LogP contribution in [0.25, 0.3) is 92.4 Å². The van der Waals surface area contributed by atoms with Gasteiger partial charge in [-0.3, -0.25) is 0 Å². The maximum atomic E-state index is 3.81. The molecular formula is C40H24N2. The number of para-hydroxylation sites is 2. The van der Waals surface area contributed by atoms with E-state index in [1.807, 2.05) is 0 Å². The highest BCUT2D eigenvalue weighted by Crippen LogP contribution is 2.49. The average Bonchev–Trinajstić information content (AvgIpc) is 3.61. The SMILES string of the molecule is c1ccc2cc(-n3c4ccccc4c4c5c6ccccc6c6[nH]c7ccccc7c6c5c5ccccc5c43)ccc2c1. The lowest BCUT2D eigenvalue weighted by molar-refractivity contribution is 1.19. The summed E-state index contributed by atoms with van der Waals surface area (Å²) in [7, 11) is 0. The summed E-state index contributed by atoms with van der Waals surface area (Å²) in [5.41, 5.74) is 6.05. The molecule has 10 rings (SSSR count). The second kappa shape index (κ2) is 7.99. The summed E-state index contributed by atoms with van der Waals surface area (Å²) in [4.78, 5) is 3.81. The Hall–Kier alpha value is -5.60. The quantitative estimate of drug-likeness (QED) is 0.203. The number of hydrogen-bond donors (Lipinski definition) is 1. The van der Waals surface area contributed by atoms with Gasteiger partial charge in [0.25, 0.3) is 0 Å². The molecule has 0 saturated carbocycles. The number of rotatable bonds is 1. The van der Waals surface area contributed by atoms with E-state index in [2.05, 4.69) is 149 Å². The van der Waals surface area contributed by atoms with E-state index in [1.54, 1.807) is 0 Å². The lowest BCUT2D eigenvalue weighted by atomic mass is 9.89. The van der Waals surface area contributed by atoms with Crippen molar-refractivity contribution in [3.8, 4) is 5.69 Å². The smallest absolute Gasteiger partial charge is 0.0626 e. The van der Waals surface area contributed by atoms with E-state index in [9.17, 15) is 0 Å². The zero-order valence-corrected chi connectivity index (χ0v) is 22.7. The number of hydrogen-bond acceptors (Lipinski definition) is 0. The van der Waals surface area contributed by atoms with Crippen LogP contribution in [0.5, 0.6) is 0 Å². The Morgan fingerprint density at radius 3 is 1.83 bits per heavy atom. The molecule has 0 aliphatic rings. The molecule has 0 radical (unpaired) electrons. The van der Waals surface area contributed by atoms with E-state index in [4.69, 9.17) is 0 Å². The molecule has 1 N–H and O–H groups in total. The summed E-state index contributed by atoms with van der Waals surface area (Å²) in [6.45, 7) is 0. The van der Waals surface area contributed by atoms with E-state index in [0.717, 1.165) is 0 Å². The van der Waals surface area contributed by atoms with Gasteiger partial charge in [-0.05, 0) is 45.8 Å². The van der Waals surface area contributed by atoms with Gasteiger partial charge < -0.3 is 9.55 Å². The van der Waals surface area contributed by atoms with Crippen molar-refractivity contribution in [3.63, 3.8) is 0 Å². The van der Waals surface area contributed by atoms with Gasteiger partial charge in [0.1, 0.15) is 0 Å². The summed E-state index contributed by atoms with van der Waals surface area (Å²) in [6, 6.07) is 51.1. The largest absolute Gasteiger partial charge is 0.354 e. The molecule has 42 heavy (non-hydrogen) atoms. The predicted molar refractivity (Wildman–Crippen MR) is 180 cm³/mol. The number of aromatic amines is 1. The first-order valence-corrected chi connectivity index (χ1v) is 14.5. The van der Waals surface area contributed by atoms with Gasteiger partial charge >= 0.3 is 0 Å². The Labute approximate surface area is 241 Å². The highest BCUT2D eigenvalue weighted by Gasteiger charge is 2.23. The van der Waals surface area contributed by atoms with Gasteiger partial charge in [0.2, 0.25) is 0 Å². The van der Waals surface area contributed by atoms with Crippen LogP contribution in [0, 0.1) is 0 Å². The molecule has 2 heterocycles. The van der Waals surface area contributed by atoms with Crippen LogP contribution in [-0.2, 0) is 0 Å². The Bertz CT molecular complexity index is 2740. The fourth-order valence-electron chi connectivity index (χ4n) is 7.55. The lowest BCUT2D eigenvalue weighted by Crippen LogP contribution is -1.95. The van der Waals surface area contributed by atoms with Crippen molar-refractivity contribution < 1.29 is 0 Å². The first kappa shape index (κ1) is 22.1. The molecule has 0 unspecified atom stereocenters. The Kier molecular flexibility index (Phi) is 4.21. The average molecular weight is 533 g/mol. The van der Waals surface area contributed by atoms with Crippen molar-refractivity contribution in [3.05, 3.63) is 140 Å². The number of nitrogens with one attached hydrogen (secondary N) is 1. The molecule has 0 aliphatic heterocycles.